The second-order valence-electron chi connectivity index (χ2n) is 4.67. The van der Waals surface area contributed by atoms with Crippen molar-refractivity contribution in [3.8, 4) is 0 Å². The lowest BCUT2D eigenvalue weighted by molar-refractivity contribution is -0.139. The molecule has 0 bridgehead atoms. The van der Waals surface area contributed by atoms with E-state index in [4.69, 9.17) is 5.11 Å². The van der Waals surface area contributed by atoms with Crippen LogP contribution >= 0.6 is 23.5 Å². The molecule has 1 unspecified atom stereocenters. The maximum absolute atomic E-state index is 12.2. The standard InChI is InChI=1S/C11H20N2O5S3/c1-19-5-3-8(10(14)15)12-11(16)13-4-6-20-7-9(13)21(2,17)18/h8-9H,3-7H2,1-2H3,(H,12,16)(H,14,15)/t8-,9?/m0/s1. The Kier molecular flexibility index (Phi) is 7.14. The number of amides is 2. The number of sulfone groups is 1. The largest absolute Gasteiger partial charge is 0.480 e. The molecule has 0 radical (unpaired) electrons. The van der Waals surface area contributed by atoms with Crippen molar-refractivity contribution in [1.29, 1.82) is 0 Å². The third-order valence-electron chi connectivity index (χ3n) is 3.05. The normalized spacial score (nSPS) is 20.9. The van der Waals surface area contributed by atoms with Crippen molar-refractivity contribution in [2.24, 2.45) is 0 Å². The van der Waals surface area contributed by atoms with Crippen LogP contribution in [-0.2, 0) is 14.6 Å². The highest BCUT2D eigenvalue weighted by molar-refractivity contribution is 8.00. The quantitative estimate of drug-likeness (QED) is 0.706. The fourth-order valence-corrected chi connectivity index (χ4v) is 5.18. The van der Waals surface area contributed by atoms with Crippen molar-refractivity contribution < 1.29 is 23.1 Å². The highest BCUT2D eigenvalue weighted by Gasteiger charge is 2.35. The zero-order chi connectivity index (χ0) is 16.0. The Morgan fingerprint density at radius 1 is 1.52 bits per heavy atom. The molecule has 1 saturated heterocycles. The summed E-state index contributed by atoms with van der Waals surface area (Å²) in [6, 6.07) is -1.63. The molecule has 2 N–H and O–H groups in total. The van der Waals surface area contributed by atoms with Crippen LogP contribution < -0.4 is 5.32 Å². The van der Waals surface area contributed by atoms with E-state index in [-0.39, 0.29) is 0 Å². The highest BCUT2D eigenvalue weighted by Crippen LogP contribution is 2.20. The summed E-state index contributed by atoms with van der Waals surface area (Å²) >= 11 is 2.96. The van der Waals surface area contributed by atoms with Gasteiger partial charge in [-0.05, 0) is 18.4 Å². The van der Waals surface area contributed by atoms with Crippen LogP contribution in [0.4, 0.5) is 4.79 Å². The minimum atomic E-state index is -3.40. The number of nitrogens with zero attached hydrogens (tertiary/aromatic N) is 1. The van der Waals surface area contributed by atoms with E-state index >= 15 is 0 Å². The summed E-state index contributed by atoms with van der Waals surface area (Å²) in [7, 11) is -3.40. The number of carbonyl (C=O) groups excluding carboxylic acids is 1. The third kappa shape index (κ3) is 5.59. The van der Waals surface area contributed by atoms with Crippen molar-refractivity contribution in [2.45, 2.75) is 17.8 Å². The Morgan fingerprint density at radius 3 is 2.71 bits per heavy atom. The lowest BCUT2D eigenvalue weighted by Gasteiger charge is -2.34. The molecule has 1 rings (SSSR count). The number of hydrogen-bond acceptors (Lipinski definition) is 6. The first-order chi connectivity index (χ1) is 9.77. The predicted octanol–water partition coefficient (Wildman–Crippen LogP) is 0.322. The Bertz CT molecular complexity index is 482. The minimum Gasteiger partial charge on any atom is -0.480 e. The summed E-state index contributed by atoms with van der Waals surface area (Å²) in [6.45, 7) is 0.295. The van der Waals surface area contributed by atoms with Gasteiger partial charge in [0.25, 0.3) is 0 Å². The first kappa shape index (κ1) is 18.4. The van der Waals surface area contributed by atoms with Gasteiger partial charge in [-0.3, -0.25) is 0 Å². The van der Waals surface area contributed by atoms with Crippen molar-refractivity contribution in [3.63, 3.8) is 0 Å². The third-order valence-corrected chi connectivity index (χ3v) is 6.33. The topological polar surface area (TPSA) is 104 Å². The maximum Gasteiger partial charge on any atom is 0.326 e. The summed E-state index contributed by atoms with van der Waals surface area (Å²) in [5.41, 5.74) is 0. The minimum absolute atomic E-state index is 0.295. The van der Waals surface area contributed by atoms with Gasteiger partial charge in [-0.25, -0.2) is 18.0 Å². The smallest absolute Gasteiger partial charge is 0.326 e. The number of carbonyl (C=O) groups is 2. The molecule has 0 aliphatic carbocycles. The van der Waals surface area contributed by atoms with E-state index in [0.29, 0.717) is 30.2 Å². The SMILES string of the molecule is CSCC[C@H](NC(=O)N1CCSCC1S(C)(=O)=O)C(=O)O. The number of hydrogen-bond donors (Lipinski definition) is 2. The molecular weight excluding hydrogens is 336 g/mol. The summed E-state index contributed by atoms with van der Waals surface area (Å²) in [5, 5.41) is 10.6. The van der Waals surface area contributed by atoms with Crippen molar-refractivity contribution in [2.75, 3.05) is 36.3 Å². The Labute approximate surface area is 133 Å². The summed E-state index contributed by atoms with van der Waals surface area (Å²) in [4.78, 5) is 24.6. The van der Waals surface area contributed by atoms with E-state index in [1.54, 1.807) is 0 Å². The zero-order valence-corrected chi connectivity index (χ0v) is 14.4. The van der Waals surface area contributed by atoms with Gasteiger partial charge in [0.05, 0.1) is 0 Å². The molecule has 1 aliphatic heterocycles. The molecular formula is C11H20N2O5S3. The zero-order valence-electron chi connectivity index (χ0n) is 11.9. The van der Waals surface area contributed by atoms with Crippen LogP contribution in [0.2, 0.25) is 0 Å². The van der Waals surface area contributed by atoms with Crippen LogP contribution in [-0.4, -0.2) is 78.2 Å². The average molecular weight is 356 g/mol. The molecule has 2 amide bonds. The summed E-state index contributed by atoms with van der Waals surface area (Å²) in [6.07, 6.45) is 3.24. The second-order valence-corrected chi connectivity index (χ2v) is 9.01. The van der Waals surface area contributed by atoms with Crippen molar-refractivity contribution >= 4 is 45.4 Å². The Hall–Kier alpha value is -0.610. The van der Waals surface area contributed by atoms with Gasteiger partial charge in [0, 0.05) is 24.3 Å². The fraction of sp³-hybridized carbons (Fsp3) is 0.818. The molecule has 1 heterocycles. The van der Waals surface area contributed by atoms with Gasteiger partial charge < -0.3 is 15.3 Å². The average Bonchev–Trinajstić information content (AvgIpc) is 2.42. The first-order valence-corrected chi connectivity index (χ1v) is 10.8. The van der Waals surface area contributed by atoms with Crippen LogP contribution in [0, 0.1) is 0 Å². The van der Waals surface area contributed by atoms with Crippen molar-refractivity contribution in [1.82, 2.24) is 10.2 Å². The molecule has 21 heavy (non-hydrogen) atoms. The van der Waals surface area contributed by atoms with E-state index in [1.165, 1.54) is 28.4 Å². The molecule has 7 nitrogen and oxygen atoms in total. The van der Waals surface area contributed by atoms with E-state index in [2.05, 4.69) is 5.32 Å². The van der Waals surface area contributed by atoms with Crippen LogP contribution in [0.3, 0.4) is 0 Å². The second kappa shape index (κ2) is 8.14. The number of carboxylic acid groups (broad SMARTS) is 1. The lowest BCUT2D eigenvalue weighted by Crippen LogP contribution is -2.56. The molecule has 0 aromatic heterocycles. The number of carboxylic acids is 1. The van der Waals surface area contributed by atoms with Crippen LogP contribution in [0.1, 0.15) is 6.42 Å². The van der Waals surface area contributed by atoms with Gasteiger partial charge in [0.15, 0.2) is 9.84 Å². The highest BCUT2D eigenvalue weighted by atomic mass is 32.2. The van der Waals surface area contributed by atoms with Gasteiger partial charge in [0.1, 0.15) is 11.4 Å². The van der Waals surface area contributed by atoms with Gasteiger partial charge in [0.2, 0.25) is 0 Å². The van der Waals surface area contributed by atoms with Gasteiger partial charge in [-0.2, -0.15) is 23.5 Å². The molecule has 1 fully saturated rings. The number of aliphatic carboxylic acids is 1. The van der Waals surface area contributed by atoms with E-state index in [1.807, 2.05) is 6.26 Å². The molecule has 10 heteroatoms. The van der Waals surface area contributed by atoms with Crippen LogP contribution in [0.5, 0.6) is 0 Å². The summed E-state index contributed by atoms with van der Waals surface area (Å²) < 4.78 is 23.5. The van der Waals surface area contributed by atoms with Gasteiger partial charge >= 0.3 is 12.0 Å². The number of nitrogens with one attached hydrogen (secondary N) is 1. The molecule has 0 spiro atoms. The number of rotatable bonds is 6. The summed E-state index contributed by atoms with van der Waals surface area (Å²) in [5.74, 6) is 0.444. The Balaban J connectivity index is 2.77. The first-order valence-electron chi connectivity index (χ1n) is 6.33. The van der Waals surface area contributed by atoms with Crippen LogP contribution in [0.15, 0.2) is 0 Å². The van der Waals surface area contributed by atoms with Crippen LogP contribution in [0.25, 0.3) is 0 Å². The molecule has 1 aliphatic rings. The molecule has 0 aromatic carbocycles. The van der Waals surface area contributed by atoms with Gasteiger partial charge in [-0.15, -0.1) is 0 Å². The van der Waals surface area contributed by atoms with Gasteiger partial charge in [-0.1, -0.05) is 0 Å². The molecule has 0 saturated carbocycles. The molecule has 122 valence electrons. The number of urea groups is 1. The lowest BCUT2D eigenvalue weighted by atomic mass is 10.2. The van der Waals surface area contributed by atoms with E-state index in [0.717, 1.165) is 6.26 Å². The predicted molar refractivity (Wildman–Crippen MR) is 85.6 cm³/mol. The van der Waals surface area contributed by atoms with E-state index < -0.39 is 33.3 Å². The maximum atomic E-state index is 12.2. The fourth-order valence-electron chi connectivity index (χ4n) is 1.89. The van der Waals surface area contributed by atoms with Crippen molar-refractivity contribution in [3.05, 3.63) is 0 Å². The molecule has 0 aromatic rings. The number of thioether (sulfide) groups is 2. The monoisotopic (exact) mass is 356 g/mol. The van der Waals surface area contributed by atoms with E-state index in [9.17, 15) is 18.0 Å². The Morgan fingerprint density at radius 2 is 2.19 bits per heavy atom. The molecule has 2 atom stereocenters.